The molecule has 1 rings (SSSR count). The minimum atomic E-state index is -0.826. The average molecular weight is 160 g/mol. The van der Waals surface area contributed by atoms with E-state index in [1.54, 1.807) is 0 Å². The third-order valence-corrected chi connectivity index (χ3v) is 0.863. The maximum Gasteiger partial charge on any atom is 0.308 e. The lowest BCUT2D eigenvalue weighted by molar-refractivity contribution is -0.153. The van der Waals surface area contributed by atoms with Crippen molar-refractivity contribution in [2.24, 2.45) is 5.92 Å². The van der Waals surface area contributed by atoms with Crippen LogP contribution in [0.2, 0.25) is 0 Å². The van der Waals surface area contributed by atoms with Gasteiger partial charge in [-0.15, -0.1) is 0 Å². The van der Waals surface area contributed by atoms with Gasteiger partial charge in [-0.3, -0.25) is 4.79 Å². The molecule has 3 heteroatoms. The number of rotatable bonds is 0. The second-order valence-corrected chi connectivity index (χ2v) is 3.22. The van der Waals surface area contributed by atoms with E-state index in [9.17, 15) is 4.79 Å². The van der Waals surface area contributed by atoms with E-state index in [0.29, 0.717) is 12.8 Å². The lowest BCUT2D eigenvalue weighted by Crippen LogP contribution is -2.03. The number of aliphatic hydroxyl groups is 1. The first-order chi connectivity index (χ1) is 5.02. The van der Waals surface area contributed by atoms with Gasteiger partial charge in [0.05, 0.1) is 6.42 Å². The molecule has 1 fully saturated rings. The number of ether oxygens (including phenoxy) is 1. The molecular weight excluding hydrogens is 144 g/mol. The quantitative estimate of drug-likeness (QED) is 0.543. The van der Waals surface area contributed by atoms with Gasteiger partial charge in [-0.05, 0) is 5.92 Å². The summed E-state index contributed by atoms with van der Waals surface area (Å²) in [5, 5.41) is 8.46. The highest BCUT2D eigenvalue weighted by atomic mass is 16.6. The molecular formula is C8H16O3. The zero-order valence-corrected chi connectivity index (χ0v) is 7.33. The fraction of sp³-hybridized carbons (Fsp3) is 0.875. The van der Waals surface area contributed by atoms with Gasteiger partial charge in [-0.1, -0.05) is 20.8 Å². The highest BCUT2D eigenvalue weighted by Gasteiger charge is 2.19. The third kappa shape index (κ3) is 7.33. The summed E-state index contributed by atoms with van der Waals surface area (Å²) in [6, 6.07) is 0. The number of hydrogen-bond acceptors (Lipinski definition) is 3. The van der Waals surface area contributed by atoms with Crippen LogP contribution in [0.15, 0.2) is 0 Å². The molecule has 0 saturated carbocycles. The van der Waals surface area contributed by atoms with Crippen molar-refractivity contribution < 1.29 is 14.6 Å². The molecule has 1 saturated heterocycles. The molecule has 66 valence electrons. The van der Waals surface area contributed by atoms with Gasteiger partial charge in [0, 0.05) is 6.42 Å². The van der Waals surface area contributed by atoms with Crippen LogP contribution in [0.4, 0.5) is 0 Å². The molecule has 0 aliphatic carbocycles. The minimum Gasteiger partial charge on any atom is -0.436 e. The monoisotopic (exact) mass is 160 g/mol. The Morgan fingerprint density at radius 3 is 2.09 bits per heavy atom. The second kappa shape index (κ2) is 5.13. The van der Waals surface area contributed by atoms with E-state index < -0.39 is 6.29 Å². The Labute approximate surface area is 67.4 Å². The van der Waals surface area contributed by atoms with Gasteiger partial charge < -0.3 is 9.84 Å². The first kappa shape index (κ1) is 10.4. The van der Waals surface area contributed by atoms with E-state index in [0.717, 1.165) is 5.92 Å². The van der Waals surface area contributed by atoms with Crippen LogP contribution < -0.4 is 0 Å². The van der Waals surface area contributed by atoms with Crippen molar-refractivity contribution in [3.05, 3.63) is 0 Å². The summed E-state index contributed by atoms with van der Waals surface area (Å²) in [5.41, 5.74) is 0. The second-order valence-electron chi connectivity index (χ2n) is 3.22. The van der Waals surface area contributed by atoms with Crippen LogP contribution in [-0.4, -0.2) is 17.4 Å². The van der Waals surface area contributed by atoms with Crippen LogP contribution in [0.1, 0.15) is 33.6 Å². The maximum absolute atomic E-state index is 10.1. The predicted molar refractivity (Wildman–Crippen MR) is 41.8 cm³/mol. The van der Waals surface area contributed by atoms with E-state index in [4.69, 9.17) is 5.11 Å². The van der Waals surface area contributed by atoms with Crippen LogP contribution in [0.25, 0.3) is 0 Å². The highest BCUT2D eigenvalue weighted by molar-refractivity contribution is 5.71. The van der Waals surface area contributed by atoms with Gasteiger partial charge in [0.15, 0.2) is 0 Å². The van der Waals surface area contributed by atoms with Gasteiger partial charge in [-0.2, -0.15) is 0 Å². The van der Waals surface area contributed by atoms with Crippen molar-refractivity contribution in [1.29, 1.82) is 0 Å². The van der Waals surface area contributed by atoms with Crippen LogP contribution in [0.5, 0.6) is 0 Å². The van der Waals surface area contributed by atoms with E-state index in [2.05, 4.69) is 25.5 Å². The van der Waals surface area contributed by atoms with E-state index in [1.807, 2.05) is 0 Å². The summed E-state index contributed by atoms with van der Waals surface area (Å²) in [4.78, 5) is 10.1. The molecule has 1 unspecified atom stereocenters. The van der Waals surface area contributed by atoms with Crippen molar-refractivity contribution in [3.63, 3.8) is 0 Å². The van der Waals surface area contributed by atoms with Gasteiger partial charge in [0.1, 0.15) is 0 Å². The summed E-state index contributed by atoms with van der Waals surface area (Å²) in [5.74, 6) is 0.535. The fourth-order valence-corrected chi connectivity index (χ4v) is 0.511. The Balaban J connectivity index is 0.000000218. The van der Waals surface area contributed by atoms with Crippen LogP contribution in [0, 0.1) is 5.92 Å². The SMILES string of the molecule is CC(C)C.O=C1CCC(O)O1. The molecule has 0 spiro atoms. The van der Waals surface area contributed by atoms with Crippen molar-refractivity contribution in [1.82, 2.24) is 0 Å². The molecule has 0 aromatic heterocycles. The smallest absolute Gasteiger partial charge is 0.308 e. The Morgan fingerprint density at radius 1 is 1.55 bits per heavy atom. The molecule has 1 N–H and O–H groups in total. The lowest BCUT2D eigenvalue weighted by atomic mass is 10.3. The van der Waals surface area contributed by atoms with Gasteiger partial charge in [0.2, 0.25) is 6.29 Å². The maximum atomic E-state index is 10.1. The zero-order chi connectivity index (χ0) is 8.85. The third-order valence-electron chi connectivity index (χ3n) is 0.863. The fourth-order valence-electron chi connectivity index (χ4n) is 0.511. The molecule has 1 aliphatic rings. The first-order valence-corrected chi connectivity index (χ1v) is 3.90. The molecule has 0 aromatic rings. The van der Waals surface area contributed by atoms with Crippen LogP contribution in [-0.2, 0) is 9.53 Å². The van der Waals surface area contributed by atoms with Crippen molar-refractivity contribution in [3.8, 4) is 0 Å². The van der Waals surface area contributed by atoms with E-state index >= 15 is 0 Å². The van der Waals surface area contributed by atoms with E-state index in [1.165, 1.54) is 0 Å². The molecule has 11 heavy (non-hydrogen) atoms. The Kier molecular flexibility index (Phi) is 4.86. The molecule has 0 aromatic carbocycles. The number of carbonyl (C=O) groups excluding carboxylic acids is 1. The molecule has 3 nitrogen and oxygen atoms in total. The topological polar surface area (TPSA) is 46.5 Å². The summed E-state index contributed by atoms with van der Waals surface area (Å²) >= 11 is 0. The normalized spacial score (nSPS) is 22.6. The van der Waals surface area contributed by atoms with Gasteiger partial charge in [-0.25, -0.2) is 0 Å². The summed E-state index contributed by atoms with van der Waals surface area (Å²) in [6.07, 6.45) is -0.00694. The van der Waals surface area contributed by atoms with Gasteiger partial charge >= 0.3 is 5.97 Å². The number of cyclic esters (lactones) is 1. The molecule has 0 amide bonds. The highest BCUT2D eigenvalue weighted by Crippen LogP contribution is 2.09. The molecule has 1 heterocycles. The van der Waals surface area contributed by atoms with E-state index in [-0.39, 0.29) is 5.97 Å². The molecule has 0 radical (unpaired) electrons. The number of esters is 1. The minimum absolute atomic E-state index is 0.299. The molecule has 1 aliphatic heterocycles. The summed E-state index contributed by atoms with van der Waals surface area (Å²) in [6.45, 7) is 6.50. The van der Waals surface area contributed by atoms with Crippen molar-refractivity contribution in [2.45, 2.75) is 39.9 Å². The Morgan fingerprint density at radius 2 is 2.00 bits per heavy atom. The predicted octanol–water partition coefficient (Wildman–Crippen LogP) is 1.30. The summed E-state index contributed by atoms with van der Waals surface area (Å²) in [7, 11) is 0. The molecule has 0 bridgehead atoms. The van der Waals surface area contributed by atoms with Crippen molar-refractivity contribution >= 4 is 5.97 Å². The first-order valence-electron chi connectivity index (χ1n) is 3.90. The number of hydrogen-bond donors (Lipinski definition) is 1. The van der Waals surface area contributed by atoms with Crippen LogP contribution >= 0.6 is 0 Å². The summed E-state index contributed by atoms with van der Waals surface area (Å²) < 4.78 is 4.28. The Hall–Kier alpha value is -0.570. The van der Waals surface area contributed by atoms with Crippen molar-refractivity contribution in [2.75, 3.05) is 0 Å². The zero-order valence-electron chi connectivity index (χ0n) is 7.33. The average Bonchev–Trinajstić information content (AvgIpc) is 2.13. The van der Waals surface area contributed by atoms with Gasteiger partial charge in [0.25, 0.3) is 0 Å². The lowest BCUT2D eigenvalue weighted by Gasteiger charge is -1.94. The Bertz CT molecular complexity index is 118. The standard InChI is InChI=1S/C4H6O3.C4H10/c5-3-1-2-4(6)7-3;1-4(2)3/h3,5H,1-2H2;4H,1-3H3. The largest absolute Gasteiger partial charge is 0.436 e. The van der Waals surface area contributed by atoms with Crippen LogP contribution in [0.3, 0.4) is 0 Å². The number of aliphatic hydroxyl groups excluding tert-OH is 1. The number of carbonyl (C=O) groups is 1. The molecule has 1 atom stereocenters.